The van der Waals surface area contributed by atoms with Gasteiger partial charge in [0.25, 0.3) is 11.8 Å². The molecule has 0 radical (unpaired) electrons. The van der Waals surface area contributed by atoms with E-state index in [1.165, 1.54) is 16.2 Å². The highest BCUT2D eigenvalue weighted by atomic mass is 32.2. The Labute approximate surface area is 357 Å². The van der Waals surface area contributed by atoms with E-state index in [4.69, 9.17) is 19.4 Å². The molecule has 61 heavy (non-hydrogen) atoms. The predicted molar refractivity (Wildman–Crippen MR) is 223 cm³/mol. The number of nitrogens with one attached hydrogen (secondary N) is 3. The number of carbonyl (C=O) groups excluding carboxylic acids is 4. The van der Waals surface area contributed by atoms with Gasteiger partial charge in [-0.3, -0.25) is 19.1 Å². The third-order valence-electron chi connectivity index (χ3n) is 12.3. The van der Waals surface area contributed by atoms with Gasteiger partial charge in [-0.15, -0.1) is 11.3 Å². The molecule has 1 aromatic carbocycles. The maximum absolute atomic E-state index is 14.7. The number of methoxy groups -OCH3 is 1. The van der Waals surface area contributed by atoms with E-state index in [9.17, 15) is 36.4 Å². The molecule has 328 valence electrons. The molecule has 2 aliphatic carbocycles. The Morgan fingerprint density at radius 3 is 2.52 bits per heavy atom. The Morgan fingerprint density at radius 2 is 1.84 bits per heavy atom. The van der Waals surface area contributed by atoms with E-state index in [-0.39, 0.29) is 31.7 Å². The SMILES string of the molecule is COc1ccc2c(O[C@@H]3C[C@H]4C(=O)N[C@]5(C(=O)NS(=O)(=O)C6CC6)C[C@H]5C=CCCCCC[C@H](NC(=O)N5CC(F)(F)C5)C(=O)N4C3)cc(-c3nc(C(C)C)cs3)nc2c1C. The molecule has 5 amide bonds. The number of rotatable bonds is 9. The van der Waals surface area contributed by atoms with Gasteiger partial charge in [-0.2, -0.15) is 0 Å². The summed E-state index contributed by atoms with van der Waals surface area (Å²) in [5.41, 5.74) is 1.26. The van der Waals surface area contributed by atoms with Crippen molar-refractivity contribution in [3.8, 4) is 22.2 Å². The summed E-state index contributed by atoms with van der Waals surface area (Å²) >= 11 is 1.45. The molecule has 3 aromatic rings. The molecule has 0 unspecified atom stereocenters. The zero-order chi connectivity index (χ0) is 43.4. The van der Waals surface area contributed by atoms with E-state index in [1.54, 1.807) is 19.2 Å². The van der Waals surface area contributed by atoms with Gasteiger partial charge >= 0.3 is 6.03 Å². The van der Waals surface area contributed by atoms with Crippen LogP contribution in [0.2, 0.25) is 0 Å². The number of fused-ring (bicyclic) bond motifs is 3. The number of benzene rings is 1. The third kappa shape index (κ3) is 8.77. The van der Waals surface area contributed by atoms with Crippen LogP contribution in [-0.4, -0.2) is 114 Å². The molecule has 19 heteroatoms. The number of alkyl halides is 2. The van der Waals surface area contributed by atoms with Crippen molar-refractivity contribution in [3.63, 3.8) is 0 Å². The standard InChI is InChI=1S/C42H51F2N7O8S2/c1-23(2)31-20-60-37(46-31)30-17-34(28-14-15-33(58-4)24(3)35(28)45-30)59-26-16-32-36(52)48-42(39(54)49-61(56,57)27-12-13-27)18-25(42)10-8-6-5-7-9-11-29(38(53)51(32)19-26)47-40(55)50-21-41(43,44)22-50/h8,10,14-15,17,20,23,25-27,29,32H,5-7,9,11-13,16,18-19,21-22H2,1-4H3,(H,47,55)(H,48,52)(H,49,54)/t25-,26-,29+,32+,42-/m1/s1. The maximum atomic E-state index is 14.7. The fourth-order valence-electron chi connectivity index (χ4n) is 8.40. The summed E-state index contributed by atoms with van der Waals surface area (Å²) in [6, 6.07) is 2.22. The molecular formula is C42H51F2N7O8S2. The first-order chi connectivity index (χ1) is 29.0. The minimum Gasteiger partial charge on any atom is -0.496 e. The first kappa shape index (κ1) is 42.8. The van der Waals surface area contributed by atoms with Crippen LogP contribution >= 0.6 is 11.3 Å². The topological polar surface area (TPSA) is 189 Å². The van der Waals surface area contributed by atoms with Crippen molar-refractivity contribution in [1.29, 1.82) is 0 Å². The Bertz CT molecular complexity index is 2380. The van der Waals surface area contributed by atoms with Gasteiger partial charge in [-0.25, -0.2) is 32.0 Å². The molecule has 2 aromatic heterocycles. The average Bonchev–Trinajstić information content (AvgIpc) is 4.08. The molecule has 3 aliphatic heterocycles. The normalized spacial score (nSPS) is 26.7. The number of thiazole rings is 1. The van der Waals surface area contributed by atoms with Crippen molar-refractivity contribution in [2.45, 2.75) is 119 Å². The lowest BCUT2D eigenvalue weighted by atomic mass is 10.0. The van der Waals surface area contributed by atoms with Crippen molar-refractivity contribution in [2.75, 3.05) is 26.7 Å². The second kappa shape index (κ2) is 16.4. The molecule has 5 aliphatic rings. The van der Waals surface area contributed by atoms with Crippen LogP contribution in [0, 0.1) is 12.8 Å². The largest absolute Gasteiger partial charge is 0.496 e. The Morgan fingerprint density at radius 1 is 1.07 bits per heavy atom. The lowest BCUT2D eigenvalue weighted by molar-refractivity contribution is -0.141. The first-order valence-electron chi connectivity index (χ1n) is 20.9. The summed E-state index contributed by atoms with van der Waals surface area (Å²) in [6.07, 6.45) is 6.67. The van der Waals surface area contributed by atoms with E-state index >= 15 is 0 Å². The van der Waals surface area contributed by atoms with E-state index in [1.807, 2.05) is 30.5 Å². The zero-order valence-electron chi connectivity index (χ0n) is 34.5. The van der Waals surface area contributed by atoms with Crippen LogP contribution in [0.5, 0.6) is 11.5 Å². The van der Waals surface area contributed by atoms with Gasteiger partial charge < -0.3 is 29.9 Å². The number of sulfonamides is 1. The van der Waals surface area contributed by atoms with Crippen LogP contribution in [0.3, 0.4) is 0 Å². The summed E-state index contributed by atoms with van der Waals surface area (Å²) in [5, 5.41) is 8.17. The highest BCUT2D eigenvalue weighted by Crippen LogP contribution is 2.46. The zero-order valence-corrected chi connectivity index (χ0v) is 36.2. The molecule has 0 bridgehead atoms. The highest BCUT2D eigenvalue weighted by Gasteiger charge is 2.62. The molecule has 2 saturated carbocycles. The summed E-state index contributed by atoms with van der Waals surface area (Å²) < 4.78 is 68.0. The van der Waals surface area contributed by atoms with Crippen molar-refractivity contribution in [1.82, 2.24) is 35.1 Å². The lowest BCUT2D eigenvalue weighted by Gasteiger charge is -2.39. The number of hydrogen-bond acceptors (Lipinski definition) is 11. The van der Waals surface area contributed by atoms with Gasteiger partial charge in [-0.1, -0.05) is 38.8 Å². The molecule has 3 N–H and O–H groups in total. The molecule has 5 atom stereocenters. The van der Waals surface area contributed by atoms with Crippen LogP contribution in [0.1, 0.15) is 88.8 Å². The molecule has 0 spiro atoms. The summed E-state index contributed by atoms with van der Waals surface area (Å²) in [5.74, 6) is -4.41. The van der Waals surface area contributed by atoms with Crippen LogP contribution in [-0.2, 0) is 24.4 Å². The number of carbonyl (C=O) groups is 4. The summed E-state index contributed by atoms with van der Waals surface area (Å²) in [6.45, 7) is 4.34. The molecule has 4 fully saturated rings. The number of amides is 5. The van der Waals surface area contributed by atoms with Crippen molar-refractivity contribution in [2.24, 2.45) is 5.92 Å². The number of aryl methyl sites for hydroxylation is 1. The quantitative estimate of drug-likeness (QED) is 0.242. The summed E-state index contributed by atoms with van der Waals surface area (Å²) in [4.78, 5) is 68.4. The van der Waals surface area contributed by atoms with Crippen LogP contribution in [0.25, 0.3) is 21.6 Å². The molecular weight excluding hydrogens is 833 g/mol. The average molecular weight is 884 g/mol. The van der Waals surface area contributed by atoms with E-state index in [0.717, 1.165) is 16.2 Å². The number of hydrogen-bond donors (Lipinski definition) is 3. The van der Waals surface area contributed by atoms with Gasteiger partial charge in [0.2, 0.25) is 21.8 Å². The number of pyridine rings is 1. The minimum atomic E-state index is -3.95. The molecule has 8 rings (SSSR count). The van der Waals surface area contributed by atoms with Crippen molar-refractivity contribution < 1.29 is 45.9 Å². The van der Waals surface area contributed by atoms with E-state index in [2.05, 4.69) is 29.2 Å². The smallest absolute Gasteiger partial charge is 0.318 e. The summed E-state index contributed by atoms with van der Waals surface area (Å²) in [7, 11) is -2.38. The highest BCUT2D eigenvalue weighted by molar-refractivity contribution is 7.91. The Hall–Kier alpha value is -4.91. The van der Waals surface area contributed by atoms with E-state index in [0.29, 0.717) is 71.6 Å². The maximum Gasteiger partial charge on any atom is 0.318 e. The minimum absolute atomic E-state index is 0.0296. The van der Waals surface area contributed by atoms with E-state index < -0.39 is 87.7 Å². The predicted octanol–water partition coefficient (Wildman–Crippen LogP) is 5.18. The van der Waals surface area contributed by atoms with Gasteiger partial charge in [0.15, 0.2) is 0 Å². The number of ether oxygens (including phenoxy) is 2. The van der Waals surface area contributed by atoms with Crippen molar-refractivity contribution >= 4 is 56.0 Å². The number of allylic oxidation sites excluding steroid dienone is 1. The number of urea groups is 1. The van der Waals surface area contributed by atoms with Crippen molar-refractivity contribution in [3.05, 3.63) is 47.0 Å². The van der Waals surface area contributed by atoms with Gasteiger partial charge in [0.05, 0.1) is 43.2 Å². The van der Waals surface area contributed by atoms with Gasteiger partial charge in [-0.05, 0) is 63.5 Å². The monoisotopic (exact) mass is 883 g/mol. The van der Waals surface area contributed by atoms with Crippen LogP contribution in [0.15, 0.2) is 35.7 Å². The number of halogens is 2. The number of nitrogens with zero attached hydrogens (tertiary/aromatic N) is 4. The number of aromatic nitrogens is 2. The van der Waals surface area contributed by atoms with Crippen LogP contribution in [0.4, 0.5) is 13.6 Å². The molecule has 5 heterocycles. The fraction of sp³-hybridized carbons (Fsp3) is 0.571. The molecule has 15 nitrogen and oxygen atoms in total. The number of likely N-dealkylation sites (tertiary alicyclic amines) is 1. The second-order valence-electron chi connectivity index (χ2n) is 17.2. The lowest BCUT2D eigenvalue weighted by Crippen LogP contribution is -2.63. The fourth-order valence-corrected chi connectivity index (χ4v) is 10.7. The Kier molecular flexibility index (Phi) is 11.5. The van der Waals surface area contributed by atoms with Gasteiger partial charge in [0, 0.05) is 34.7 Å². The Balaban J connectivity index is 1.14. The van der Waals surface area contributed by atoms with Crippen LogP contribution < -0.4 is 24.8 Å². The first-order valence-corrected chi connectivity index (χ1v) is 23.3. The van der Waals surface area contributed by atoms with Gasteiger partial charge in [0.1, 0.15) is 45.9 Å². The second-order valence-corrected chi connectivity index (χ2v) is 20.1. The third-order valence-corrected chi connectivity index (χ3v) is 15.0. The molecule has 2 saturated heterocycles.